The first-order chi connectivity index (χ1) is 12.7. The Morgan fingerprint density at radius 1 is 1.12 bits per heavy atom. The van der Waals surface area contributed by atoms with E-state index in [0.717, 1.165) is 18.4 Å². The maximum absolute atomic E-state index is 12.4. The lowest BCUT2D eigenvalue weighted by Gasteiger charge is -2.23. The maximum Gasteiger partial charge on any atom is 0.225 e. The second kappa shape index (κ2) is 7.46. The summed E-state index contributed by atoms with van der Waals surface area (Å²) in [7, 11) is 0. The van der Waals surface area contributed by atoms with Crippen LogP contribution in [0.15, 0.2) is 42.5 Å². The molecule has 1 N–H and O–H groups in total. The van der Waals surface area contributed by atoms with Gasteiger partial charge in [-0.15, -0.1) is 0 Å². The first-order valence-corrected chi connectivity index (χ1v) is 9.33. The Morgan fingerprint density at radius 2 is 1.88 bits per heavy atom. The van der Waals surface area contributed by atoms with Crippen LogP contribution in [-0.4, -0.2) is 42.5 Å². The average Bonchev–Trinajstić information content (AvgIpc) is 3.01. The van der Waals surface area contributed by atoms with Crippen LogP contribution >= 0.6 is 0 Å². The predicted molar refractivity (Wildman–Crippen MR) is 99.5 cm³/mol. The minimum Gasteiger partial charge on any atom is -0.381 e. The summed E-state index contributed by atoms with van der Waals surface area (Å²) in [5, 5.41) is 5.43. The molecule has 2 aromatic carbocycles. The highest BCUT2D eigenvalue weighted by molar-refractivity contribution is 5.87. The van der Waals surface area contributed by atoms with E-state index in [1.807, 2.05) is 23.1 Å². The first-order valence-electron chi connectivity index (χ1n) is 9.33. The second-order valence-electron chi connectivity index (χ2n) is 7.21. The highest BCUT2D eigenvalue weighted by Gasteiger charge is 2.32. The molecular formula is C21H24N2O3. The summed E-state index contributed by atoms with van der Waals surface area (Å²) in [5.41, 5.74) is 1.15. The van der Waals surface area contributed by atoms with Crippen LogP contribution in [0.2, 0.25) is 0 Å². The van der Waals surface area contributed by atoms with Crippen molar-refractivity contribution in [3.8, 4) is 0 Å². The molecule has 2 aliphatic heterocycles. The smallest absolute Gasteiger partial charge is 0.225 e. The zero-order valence-corrected chi connectivity index (χ0v) is 14.8. The summed E-state index contributed by atoms with van der Waals surface area (Å²) in [6.45, 7) is 2.46. The zero-order valence-electron chi connectivity index (χ0n) is 14.8. The van der Waals surface area contributed by atoms with Gasteiger partial charge < -0.3 is 15.0 Å². The molecule has 26 heavy (non-hydrogen) atoms. The Balaban J connectivity index is 1.40. The number of carbonyl (C=O) groups is 2. The van der Waals surface area contributed by atoms with Crippen molar-refractivity contribution in [3.05, 3.63) is 48.0 Å². The summed E-state index contributed by atoms with van der Waals surface area (Å²) in [4.78, 5) is 26.7. The number of benzene rings is 2. The van der Waals surface area contributed by atoms with E-state index in [-0.39, 0.29) is 23.8 Å². The van der Waals surface area contributed by atoms with Crippen LogP contribution in [0, 0.1) is 5.92 Å². The molecule has 0 aliphatic carbocycles. The van der Waals surface area contributed by atoms with Gasteiger partial charge in [0.25, 0.3) is 0 Å². The number of nitrogens with one attached hydrogen (secondary N) is 1. The Kier molecular flexibility index (Phi) is 4.89. The number of fused-ring (bicyclic) bond motifs is 1. The van der Waals surface area contributed by atoms with Crippen LogP contribution < -0.4 is 5.32 Å². The van der Waals surface area contributed by atoms with Gasteiger partial charge in [-0.05, 0) is 29.2 Å². The van der Waals surface area contributed by atoms with E-state index >= 15 is 0 Å². The van der Waals surface area contributed by atoms with Crippen LogP contribution in [0.3, 0.4) is 0 Å². The van der Waals surface area contributed by atoms with E-state index in [1.54, 1.807) is 0 Å². The second-order valence-corrected chi connectivity index (χ2v) is 7.21. The SMILES string of the molecule is O=C(N[C@@H]1CC(=O)N(Cc2cccc3ccccc23)C1)C1CCOCC1. The van der Waals surface area contributed by atoms with E-state index in [2.05, 4.69) is 29.6 Å². The van der Waals surface area contributed by atoms with E-state index < -0.39 is 0 Å². The van der Waals surface area contributed by atoms with Crippen molar-refractivity contribution in [1.29, 1.82) is 0 Å². The minimum absolute atomic E-state index is 0.0194. The van der Waals surface area contributed by atoms with E-state index in [1.165, 1.54) is 10.8 Å². The minimum atomic E-state index is -0.0900. The molecule has 2 aliphatic rings. The van der Waals surface area contributed by atoms with Gasteiger partial charge in [-0.25, -0.2) is 0 Å². The van der Waals surface area contributed by atoms with Gasteiger partial charge in [0, 0.05) is 38.6 Å². The maximum atomic E-state index is 12.4. The van der Waals surface area contributed by atoms with Crippen molar-refractivity contribution in [2.24, 2.45) is 5.92 Å². The van der Waals surface area contributed by atoms with Gasteiger partial charge in [0.15, 0.2) is 0 Å². The third-order valence-electron chi connectivity index (χ3n) is 5.39. The summed E-state index contributed by atoms with van der Waals surface area (Å²) in [6, 6.07) is 14.3. The monoisotopic (exact) mass is 352 g/mol. The molecule has 2 amide bonds. The van der Waals surface area contributed by atoms with Crippen LogP contribution in [0.5, 0.6) is 0 Å². The van der Waals surface area contributed by atoms with Crippen molar-refractivity contribution in [3.63, 3.8) is 0 Å². The summed E-state index contributed by atoms with van der Waals surface area (Å²) >= 11 is 0. The molecule has 2 aromatic rings. The van der Waals surface area contributed by atoms with Crippen LogP contribution in [-0.2, 0) is 20.9 Å². The Morgan fingerprint density at radius 3 is 2.73 bits per heavy atom. The highest BCUT2D eigenvalue weighted by Crippen LogP contribution is 2.23. The number of amides is 2. The van der Waals surface area contributed by atoms with Gasteiger partial charge >= 0.3 is 0 Å². The van der Waals surface area contributed by atoms with Crippen molar-refractivity contribution in [2.75, 3.05) is 19.8 Å². The molecule has 0 radical (unpaired) electrons. The van der Waals surface area contributed by atoms with E-state index in [4.69, 9.17) is 4.74 Å². The number of likely N-dealkylation sites (tertiary alicyclic amines) is 1. The third-order valence-corrected chi connectivity index (χ3v) is 5.39. The molecule has 0 aromatic heterocycles. The molecule has 5 heteroatoms. The molecule has 2 fully saturated rings. The highest BCUT2D eigenvalue weighted by atomic mass is 16.5. The molecular weight excluding hydrogens is 328 g/mol. The van der Waals surface area contributed by atoms with Gasteiger partial charge in [0.05, 0.1) is 6.04 Å². The number of rotatable bonds is 4. The quantitative estimate of drug-likeness (QED) is 0.920. The number of nitrogens with zero attached hydrogens (tertiary/aromatic N) is 1. The zero-order chi connectivity index (χ0) is 17.9. The fourth-order valence-corrected chi connectivity index (χ4v) is 3.94. The number of ether oxygens (including phenoxy) is 1. The van der Waals surface area contributed by atoms with Crippen molar-refractivity contribution < 1.29 is 14.3 Å². The number of hydrogen-bond acceptors (Lipinski definition) is 3. The molecule has 2 saturated heterocycles. The normalized spacial score (nSPS) is 21.3. The fraction of sp³-hybridized carbons (Fsp3) is 0.429. The fourth-order valence-electron chi connectivity index (χ4n) is 3.94. The Bertz CT molecular complexity index is 809. The van der Waals surface area contributed by atoms with E-state index in [9.17, 15) is 9.59 Å². The molecule has 136 valence electrons. The summed E-state index contributed by atoms with van der Waals surface area (Å²) < 4.78 is 5.31. The van der Waals surface area contributed by atoms with Gasteiger partial charge in [0.1, 0.15) is 0 Å². The van der Waals surface area contributed by atoms with Crippen molar-refractivity contribution in [1.82, 2.24) is 10.2 Å². The average molecular weight is 352 g/mol. The molecule has 1 atom stereocenters. The molecule has 0 saturated carbocycles. The van der Waals surface area contributed by atoms with Gasteiger partial charge in [-0.2, -0.15) is 0 Å². The van der Waals surface area contributed by atoms with Gasteiger partial charge in [0.2, 0.25) is 11.8 Å². The summed E-state index contributed by atoms with van der Waals surface area (Å²) in [6.07, 6.45) is 1.93. The lowest BCUT2D eigenvalue weighted by molar-refractivity contribution is -0.128. The lowest BCUT2D eigenvalue weighted by atomic mass is 9.99. The Labute approximate surface area is 153 Å². The number of hydrogen-bond donors (Lipinski definition) is 1. The largest absolute Gasteiger partial charge is 0.381 e. The molecule has 5 nitrogen and oxygen atoms in total. The number of carbonyl (C=O) groups excluding carboxylic acids is 2. The van der Waals surface area contributed by atoms with Crippen LogP contribution in [0.1, 0.15) is 24.8 Å². The molecule has 2 heterocycles. The molecule has 0 bridgehead atoms. The topological polar surface area (TPSA) is 58.6 Å². The molecule has 4 rings (SSSR count). The van der Waals surface area contributed by atoms with E-state index in [0.29, 0.717) is 32.7 Å². The third kappa shape index (κ3) is 3.58. The molecule has 0 spiro atoms. The standard InChI is InChI=1S/C21H24N2O3/c24-20-12-18(22-21(25)16-8-10-26-11-9-16)14-23(20)13-17-6-3-5-15-4-1-2-7-19(15)17/h1-7,16,18H,8-14H2,(H,22,25)/t18-/m1/s1. The predicted octanol–water partition coefficient (Wildman–Crippen LogP) is 2.48. The lowest BCUT2D eigenvalue weighted by Crippen LogP contribution is -2.42. The Hall–Kier alpha value is -2.40. The van der Waals surface area contributed by atoms with Crippen molar-refractivity contribution >= 4 is 22.6 Å². The van der Waals surface area contributed by atoms with Gasteiger partial charge in [-0.3, -0.25) is 9.59 Å². The molecule has 0 unspecified atom stereocenters. The first kappa shape index (κ1) is 17.0. The van der Waals surface area contributed by atoms with Gasteiger partial charge in [-0.1, -0.05) is 42.5 Å². The summed E-state index contributed by atoms with van der Waals surface area (Å²) in [5.74, 6) is 0.194. The van der Waals surface area contributed by atoms with Crippen LogP contribution in [0.25, 0.3) is 10.8 Å². The van der Waals surface area contributed by atoms with Crippen LogP contribution in [0.4, 0.5) is 0 Å². The van der Waals surface area contributed by atoms with Crippen molar-refractivity contribution in [2.45, 2.75) is 31.8 Å².